The van der Waals surface area contributed by atoms with E-state index < -0.39 is 0 Å². The second kappa shape index (κ2) is 5.21. The maximum absolute atomic E-state index is 6.48. The molecule has 5 heteroatoms. The largest absolute Gasteiger partial charge is 0.456 e. The maximum atomic E-state index is 6.48. The van der Waals surface area contributed by atoms with Crippen LogP contribution in [0.15, 0.2) is 88.1 Å². The number of benzene rings is 3. The highest BCUT2D eigenvalue weighted by Gasteiger charge is 2.18. The quantitative estimate of drug-likeness (QED) is 0.262. The number of aromatic nitrogens is 3. The molecule has 0 saturated carbocycles. The summed E-state index contributed by atoms with van der Waals surface area (Å²) >= 11 is 0. The first-order valence-corrected chi connectivity index (χ1v) is 10.2. The summed E-state index contributed by atoms with van der Waals surface area (Å²) in [4.78, 5) is 9.16. The minimum atomic E-state index is 0.817. The predicted octanol–water partition coefficient (Wildman–Crippen LogP) is 6.83. The molecule has 0 N–H and O–H groups in total. The van der Waals surface area contributed by atoms with Crippen molar-refractivity contribution in [2.24, 2.45) is 0 Å². The molecule has 0 saturated heterocycles. The summed E-state index contributed by atoms with van der Waals surface area (Å²) in [6, 6.07) is 20.7. The summed E-state index contributed by atoms with van der Waals surface area (Å²) in [5.74, 6) is 0. The molecule has 0 aliphatic rings. The lowest BCUT2D eigenvalue weighted by Crippen LogP contribution is -1.92. The van der Waals surface area contributed by atoms with E-state index in [0.717, 1.165) is 71.3 Å². The molecule has 0 aliphatic heterocycles. The molecule has 3 aromatic carbocycles. The van der Waals surface area contributed by atoms with Crippen LogP contribution in [0.4, 0.5) is 0 Å². The van der Waals surface area contributed by atoms with Crippen LogP contribution in [-0.2, 0) is 0 Å². The van der Waals surface area contributed by atoms with Gasteiger partial charge in [-0.2, -0.15) is 0 Å². The van der Waals surface area contributed by atoms with Gasteiger partial charge in [-0.1, -0.05) is 24.3 Å². The van der Waals surface area contributed by atoms with Gasteiger partial charge in [0.15, 0.2) is 5.65 Å². The molecule has 0 spiro atoms. The van der Waals surface area contributed by atoms with E-state index in [1.54, 1.807) is 6.20 Å². The van der Waals surface area contributed by atoms with Crippen molar-refractivity contribution >= 4 is 71.3 Å². The number of fused-ring (bicyclic) bond motifs is 13. The summed E-state index contributed by atoms with van der Waals surface area (Å²) in [6.45, 7) is 0. The Morgan fingerprint density at radius 3 is 2.52 bits per heavy atom. The lowest BCUT2D eigenvalue weighted by molar-refractivity contribution is 0.658. The molecule has 8 aromatic rings. The molecule has 0 radical (unpaired) electrons. The lowest BCUT2D eigenvalue weighted by Gasteiger charge is -2.07. The molecule has 0 aliphatic carbocycles. The molecule has 0 amide bonds. The third-order valence-corrected chi connectivity index (χ3v) is 6.31. The van der Waals surface area contributed by atoms with Gasteiger partial charge in [0.25, 0.3) is 0 Å². The first kappa shape index (κ1) is 15.5. The average molecular weight is 399 g/mol. The maximum Gasteiger partial charge on any atom is 0.163 e. The van der Waals surface area contributed by atoms with E-state index in [9.17, 15) is 0 Å². The second-order valence-corrected chi connectivity index (χ2v) is 7.90. The summed E-state index contributed by atoms with van der Waals surface area (Å²) < 4.78 is 14.6. The molecule has 0 atom stereocenters. The zero-order valence-corrected chi connectivity index (χ0v) is 16.2. The molecule has 5 heterocycles. The topological polar surface area (TPSA) is 56.5 Å². The molecule has 0 fully saturated rings. The van der Waals surface area contributed by atoms with Gasteiger partial charge in [-0.25, -0.2) is 4.98 Å². The van der Waals surface area contributed by atoms with Crippen LogP contribution in [0.1, 0.15) is 0 Å². The standard InChI is InChI=1S/C26H13N3O2/c1-2-6-20-14(4-1)17-12-18-15-7-8-19-23(25(15)31-22(18)13-21(17)30-20)16-5-3-9-27-24(16)26-28-10-11-29(19)26/h1-13H. The number of hydrogen-bond acceptors (Lipinski definition) is 4. The highest BCUT2D eigenvalue weighted by molar-refractivity contribution is 6.25. The summed E-state index contributed by atoms with van der Waals surface area (Å²) in [7, 11) is 0. The van der Waals surface area contributed by atoms with Crippen molar-refractivity contribution in [1.29, 1.82) is 0 Å². The van der Waals surface area contributed by atoms with Gasteiger partial charge in [0.2, 0.25) is 0 Å². The summed E-state index contributed by atoms with van der Waals surface area (Å²) in [6.07, 6.45) is 5.59. The van der Waals surface area contributed by atoms with Crippen LogP contribution < -0.4 is 0 Å². The fourth-order valence-electron chi connectivity index (χ4n) is 4.97. The Bertz CT molecular complexity index is 2010. The number of imidazole rings is 1. The first-order valence-electron chi connectivity index (χ1n) is 10.2. The van der Waals surface area contributed by atoms with Gasteiger partial charge in [0.05, 0.1) is 10.9 Å². The fraction of sp³-hybridized carbons (Fsp3) is 0. The summed E-state index contributed by atoms with van der Waals surface area (Å²) in [5, 5.41) is 6.46. The molecule has 0 unspecified atom stereocenters. The van der Waals surface area contributed by atoms with E-state index in [2.05, 4.69) is 44.7 Å². The fourth-order valence-corrected chi connectivity index (χ4v) is 4.97. The van der Waals surface area contributed by atoms with Gasteiger partial charge in [-0.05, 0) is 30.3 Å². The van der Waals surface area contributed by atoms with Gasteiger partial charge in [-0.3, -0.25) is 9.38 Å². The van der Waals surface area contributed by atoms with Gasteiger partial charge in [0.1, 0.15) is 27.8 Å². The van der Waals surface area contributed by atoms with Crippen molar-refractivity contribution in [3.63, 3.8) is 0 Å². The summed E-state index contributed by atoms with van der Waals surface area (Å²) in [5.41, 5.74) is 6.17. The highest BCUT2D eigenvalue weighted by Crippen LogP contribution is 2.40. The normalized spacial score (nSPS) is 12.5. The molecule has 144 valence electrons. The molecule has 8 rings (SSSR count). The number of pyridine rings is 2. The number of hydrogen-bond donors (Lipinski definition) is 0. The van der Waals surface area contributed by atoms with E-state index in [1.165, 1.54) is 0 Å². The van der Waals surface area contributed by atoms with Gasteiger partial charge >= 0.3 is 0 Å². The van der Waals surface area contributed by atoms with E-state index in [0.29, 0.717) is 0 Å². The van der Waals surface area contributed by atoms with Crippen LogP contribution in [-0.4, -0.2) is 14.4 Å². The molecular weight excluding hydrogens is 386 g/mol. The van der Waals surface area contributed by atoms with Crippen LogP contribution in [0.5, 0.6) is 0 Å². The Hall–Kier alpha value is -4.38. The monoisotopic (exact) mass is 399 g/mol. The zero-order chi connectivity index (χ0) is 20.1. The van der Waals surface area contributed by atoms with E-state index >= 15 is 0 Å². The van der Waals surface area contributed by atoms with Gasteiger partial charge in [0, 0.05) is 51.6 Å². The van der Waals surface area contributed by atoms with Gasteiger partial charge in [-0.15, -0.1) is 0 Å². The minimum Gasteiger partial charge on any atom is -0.456 e. The average Bonchev–Trinajstić information content (AvgIpc) is 3.52. The number of nitrogens with zero attached hydrogens (tertiary/aromatic N) is 3. The van der Waals surface area contributed by atoms with Gasteiger partial charge < -0.3 is 8.83 Å². The van der Waals surface area contributed by atoms with Crippen LogP contribution in [0.3, 0.4) is 0 Å². The Balaban J connectivity index is 1.62. The van der Waals surface area contributed by atoms with Crippen molar-refractivity contribution in [1.82, 2.24) is 14.4 Å². The number of para-hydroxylation sites is 1. The first-order chi connectivity index (χ1) is 15.4. The second-order valence-electron chi connectivity index (χ2n) is 7.90. The minimum absolute atomic E-state index is 0.817. The molecule has 0 bridgehead atoms. The van der Waals surface area contributed by atoms with Crippen molar-refractivity contribution in [3.8, 4) is 0 Å². The molecule has 5 aromatic heterocycles. The molecule has 31 heavy (non-hydrogen) atoms. The van der Waals surface area contributed by atoms with E-state index in [4.69, 9.17) is 8.83 Å². The Morgan fingerprint density at radius 1 is 0.645 bits per heavy atom. The van der Waals surface area contributed by atoms with Crippen molar-refractivity contribution in [3.05, 3.63) is 79.3 Å². The molecular formula is C26H13N3O2. The van der Waals surface area contributed by atoms with E-state index in [-0.39, 0.29) is 0 Å². The van der Waals surface area contributed by atoms with Crippen LogP contribution in [0.2, 0.25) is 0 Å². The smallest absolute Gasteiger partial charge is 0.163 e. The van der Waals surface area contributed by atoms with Crippen molar-refractivity contribution < 1.29 is 8.83 Å². The third-order valence-electron chi connectivity index (χ3n) is 6.31. The lowest BCUT2D eigenvalue weighted by atomic mass is 10.0. The molecule has 5 nitrogen and oxygen atoms in total. The Kier molecular flexibility index (Phi) is 2.60. The third kappa shape index (κ3) is 1.82. The van der Waals surface area contributed by atoms with Crippen LogP contribution in [0, 0.1) is 0 Å². The Morgan fingerprint density at radius 2 is 1.52 bits per heavy atom. The predicted molar refractivity (Wildman–Crippen MR) is 123 cm³/mol. The van der Waals surface area contributed by atoms with Crippen molar-refractivity contribution in [2.45, 2.75) is 0 Å². The van der Waals surface area contributed by atoms with E-state index in [1.807, 2.05) is 42.7 Å². The van der Waals surface area contributed by atoms with Crippen LogP contribution in [0.25, 0.3) is 71.3 Å². The number of furan rings is 2. The number of rotatable bonds is 0. The van der Waals surface area contributed by atoms with Crippen LogP contribution >= 0.6 is 0 Å². The van der Waals surface area contributed by atoms with Crippen molar-refractivity contribution in [2.75, 3.05) is 0 Å². The highest BCUT2D eigenvalue weighted by atomic mass is 16.3. The zero-order valence-electron chi connectivity index (χ0n) is 16.2. The SMILES string of the molecule is c1ccc2c(c1)oc1cc3oc4c(ccc5c4c4cccnc4c4nccn54)c3cc12. The Labute approximate surface area is 174 Å².